The Bertz CT molecular complexity index is 1420. The van der Waals surface area contributed by atoms with Crippen LogP contribution in [0.15, 0.2) is 66.7 Å². The van der Waals surface area contributed by atoms with Crippen molar-refractivity contribution in [3.63, 3.8) is 0 Å². The van der Waals surface area contributed by atoms with E-state index < -0.39 is 18.1 Å². The van der Waals surface area contributed by atoms with Gasteiger partial charge in [0.2, 0.25) is 17.7 Å². The molecule has 5 N–H and O–H groups in total. The molecule has 0 saturated carbocycles. The van der Waals surface area contributed by atoms with Gasteiger partial charge in [0.15, 0.2) is 0 Å². The SMILES string of the molecule is CCCN(CCC)C(=O)Cc1cc(CC(N)=O)cc(CC(=O)N[C@@H](Cc2ccc(C)cc2)[C@H](O)CNCc2cccc(OC)c2)c1. The Kier molecular flexibility index (Phi) is 14.7. The summed E-state index contributed by atoms with van der Waals surface area (Å²) in [5.41, 5.74) is 10.7. The summed E-state index contributed by atoms with van der Waals surface area (Å²) in [6, 6.07) is 20.6. The zero-order valence-corrected chi connectivity index (χ0v) is 27.7. The van der Waals surface area contributed by atoms with Gasteiger partial charge in [-0.2, -0.15) is 0 Å². The molecule has 9 heteroatoms. The molecule has 46 heavy (non-hydrogen) atoms. The second kappa shape index (κ2) is 18.7. The quantitative estimate of drug-likeness (QED) is 0.160. The highest BCUT2D eigenvalue weighted by molar-refractivity contribution is 5.81. The number of hydrogen-bond donors (Lipinski definition) is 4. The number of rotatable bonds is 19. The number of aryl methyl sites for hydroxylation is 1. The molecule has 3 aromatic rings. The van der Waals surface area contributed by atoms with Crippen LogP contribution in [0.4, 0.5) is 0 Å². The van der Waals surface area contributed by atoms with E-state index in [2.05, 4.69) is 10.6 Å². The number of carbonyl (C=O) groups excluding carboxylic acids is 3. The van der Waals surface area contributed by atoms with Crippen LogP contribution < -0.4 is 21.1 Å². The van der Waals surface area contributed by atoms with Gasteiger partial charge < -0.3 is 31.1 Å². The summed E-state index contributed by atoms with van der Waals surface area (Å²) >= 11 is 0. The van der Waals surface area contributed by atoms with Crippen LogP contribution >= 0.6 is 0 Å². The standard InChI is InChI=1S/C37H50N4O5/c1-5-14-41(15-6-2)37(45)23-31-17-29(21-35(38)43)16-30(18-31)22-36(44)40-33(20-27-12-10-26(3)11-13-27)34(42)25-39-24-28-8-7-9-32(19-28)46-4/h7-13,16-19,33-34,39,42H,5-6,14-15,20-25H2,1-4H3,(H2,38,43)(H,40,44)/t33-,34+/m0/s1. The van der Waals surface area contributed by atoms with E-state index in [1.54, 1.807) is 13.2 Å². The molecular formula is C37H50N4O5. The van der Waals surface area contributed by atoms with Crippen molar-refractivity contribution in [1.82, 2.24) is 15.5 Å². The monoisotopic (exact) mass is 630 g/mol. The minimum absolute atomic E-state index is 0.0119. The highest BCUT2D eigenvalue weighted by Crippen LogP contribution is 2.16. The molecule has 9 nitrogen and oxygen atoms in total. The van der Waals surface area contributed by atoms with Gasteiger partial charge >= 0.3 is 0 Å². The maximum Gasteiger partial charge on any atom is 0.226 e. The number of methoxy groups -OCH3 is 1. The molecule has 3 amide bonds. The summed E-state index contributed by atoms with van der Waals surface area (Å²) in [7, 11) is 1.62. The number of aliphatic hydroxyl groups excluding tert-OH is 1. The Hall–Kier alpha value is -4.21. The van der Waals surface area contributed by atoms with Gasteiger partial charge in [0.05, 0.1) is 38.5 Å². The largest absolute Gasteiger partial charge is 0.497 e. The average Bonchev–Trinajstić information content (AvgIpc) is 3.01. The van der Waals surface area contributed by atoms with Crippen molar-refractivity contribution in [2.24, 2.45) is 5.73 Å². The summed E-state index contributed by atoms with van der Waals surface area (Å²) < 4.78 is 5.30. The summed E-state index contributed by atoms with van der Waals surface area (Å²) in [6.07, 6.45) is 1.52. The van der Waals surface area contributed by atoms with Crippen molar-refractivity contribution in [2.75, 3.05) is 26.7 Å². The Morgan fingerprint density at radius 2 is 1.48 bits per heavy atom. The van der Waals surface area contributed by atoms with Gasteiger partial charge in [-0.15, -0.1) is 0 Å². The molecule has 0 aromatic heterocycles. The molecule has 3 aromatic carbocycles. The number of aliphatic hydroxyl groups is 1. The summed E-state index contributed by atoms with van der Waals surface area (Å²) in [6.45, 7) is 8.26. The number of nitrogens with one attached hydrogen (secondary N) is 2. The van der Waals surface area contributed by atoms with Gasteiger partial charge in [-0.3, -0.25) is 14.4 Å². The van der Waals surface area contributed by atoms with Crippen LogP contribution in [0.25, 0.3) is 0 Å². The molecule has 3 rings (SSSR count). The van der Waals surface area contributed by atoms with E-state index in [9.17, 15) is 19.5 Å². The van der Waals surface area contributed by atoms with Crippen LogP contribution in [0.2, 0.25) is 0 Å². The number of hydrogen-bond acceptors (Lipinski definition) is 6. The molecule has 0 aliphatic heterocycles. The van der Waals surface area contributed by atoms with Gasteiger partial charge in [0.1, 0.15) is 5.75 Å². The number of primary amides is 1. The van der Waals surface area contributed by atoms with Crippen molar-refractivity contribution in [2.45, 2.75) is 78.0 Å². The third kappa shape index (κ3) is 12.3. The zero-order valence-electron chi connectivity index (χ0n) is 27.7. The highest BCUT2D eigenvalue weighted by Gasteiger charge is 2.23. The van der Waals surface area contributed by atoms with Gasteiger partial charge in [0, 0.05) is 26.2 Å². The van der Waals surface area contributed by atoms with Crippen LogP contribution in [0, 0.1) is 6.92 Å². The molecule has 0 radical (unpaired) electrons. The first-order valence-corrected chi connectivity index (χ1v) is 16.1. The Labute approximate surface area is 273 Å². The lowest BCUT2D eigenvalue weighted by molar-refractivity contribution is -0.130. The fourth-order valence-electron chi connectivity index (χ4n) is 5.53. The molecule has 2 atom stereocenters. The summed E-state index contributed by atoms with van der Waals surface area (Å²) in [4.78, 5) is 40.2. The molecule has 0 saturated heterocycles. The minimum atomic E-state index is -0.867. The molecule has 0 spiro atoms. The van der Waals surface area contributed by atoms with E-state index in [0.717, 1.165) is 40.8 Å². The minimum Gasteiger partial charge on any atom is -0.497 e. The first kappa shape index (κ1) is 36.3. The van der Waals surface area contributed by atoms with Crippen LogP contribution in [0.3, 0.4) is 0 Å². The lowest BCUT2D eigenvalue weighted by Gasteiger charge is -2.25. The van der Waals surface area contributed by atoms with E-state index in [-0.39, 0.29) is 37.6 Å². The van der Waals surface area contributed by atoms with Gasteiger partial charge in [-0.1, -0.05) is 74.0 Å². The Morgan fingerprint density at radius 1 is 0.848 bits per heavy atom. The number of carbonyl (C=O) groups is 3. The maximum atomic E-state index is 13.5. The molecule has 0 aliphatic rings. The highest BCUT2D eigenvalue weighted by atomic mass is 16.5. The topological polar surface area (TPSA) is 134 Å². The van der Waals surface area contributed by atoms with Gasteiger partial charge in [-0.25, -0.2) is 0 Å². The number of benzene rings is 3. The third-order valence-electron chi connectivity index (χ3n) is 7.75. The first-order valence-electron chi connectivity index (χ1n) is 16.1. The fourth-order valence-corrected chi connectivity index (χ4v) is 5.53. The van der Waals surface area contributed by atoms with Crippen LogP contribution in [0.5, 0.6) is 5.75 Å². The van der Waals surface area contributed by atoms with E-state index in [0.29, 0.717) is 37.2 Å². The van der Waals surface area contributed by atoms with E-state index in [1.165, 1.54) is 0 Å². The smallest absolute Gasteiger partial charge is 0.226 e. The molecule has 0 unspecified atom stereocenters. The number of nitrogens with zero attached hydrogens (tertiary/aromatic N) is 1. The predicted octanol–water partition coefficient (Wildman–Crippen LogP) is 3.64. The van der Waals surface area contributed by atoms with Gasteiger partial charge in [-0.05, 0) is 66.1 Å². The zero-order chi connectivity index (χ0) is 33.5. The van der Waals surface area contributed by atoms with Crippen LogP contribution in [-0.4, -0.2) is 66.6 Å². The molecule has 0 aliphatic carbocycles. The van der Waals surface area contributed by atoms with Crippen LogP contribution in [0.1, 0.15) is 60.1 Å². The van der Waals surface area contributed by atoms with Crippen molar-refractivity contribution < 1.29 is 24.2 Å². The number of amides is 3. The Morgan fingerprint density at radius 3 is 2.09 bits per heavy atom. The van der Waals surface area contributed by atoms with Crippen LogP contribution in [-0.2, 0) is 46.6 Å². The van der Waals surface area contributed by atoms with Crippen molar-refractivity contribution in [3.8, 4) is 5.75 Å². The molecule has 248 valence electrons. The summed E-state index contributed by atoms with van der Waals surface area (Å²) in [5.74, 6) is 0.0188. The maximum absolute atomic E-state index is 13.5. The predicted molar refractivity (Wildman–Crippen MR) is 181 cm³/mol. The Balaban J connectivity index is 1.75. The van der Waals surface area contributed by atoms with E-state index >= 15 is 0 Å². The molecule has 0 bridgehead atoms. The summed E-state index contributed by atoms with van der Waals surface area (Å²) in [5, 5.41) is 17.6. The first-order chi connectivity index (χ1) is 22.1. The number of ether oxygens (including phenoxy) is 1. The van der Waals surface area contributed by atoms with Gasteiger partial charge in [0.25, 0.3) is 0 Å². The fraction of sp³-hybridized carbons (Fsp3) is 0.432. The molecule has 0 fully saturated rings. The van der Waals surface area contributed by atoms with Crippen molar-refractivity contribution >= 4 is 17.7 Å². The third-order valence-corrected chi connectivity index (χ3v) is 7.75. The number of nitrogens with two attached hydrogens (primary N) is 1. The molecule has 0 heterocycles. The van der Waals surface area contributed by atoms with Crippen molar-refractivity contribution in [3.05, 3.63) is 100 Å². The average molecular weight is 631 g/mol. The normalized spacial score (nSPS) is 12.3. The second-order valence-electron chi connectivity index (χ2n) is 11.9. The molecular weight excluding hydrogens is 580 g/mol. The lowest BCUT2D eigenvalue weighted by Crippen LogP contribution is -2.49. The van der Waals surface area contributed by atoms with E-state index in [4.69, 9.17) is 10.5 Å². The second-order valence-corrected chi connectivity index (χ2v) is 11.9. The van der Waals surface area contributed by atoms with Crippen molar-refractivity contribution in [1.29, 1.82) is 0 Å². The van der Waals surface area contributed by atoms with E-state index in [1.807, 2.05) is 86.3 Å². The lowest BCUT2D eigenvalue weighted by atomic mass is 9.97.